The molecule has 20 heavy (non-hydrogen) atoms. The molecule has 2 aromatic rings. The summed E-state index contributed by atoms with van der Waals surface area (Å²) in [5.74, 6) is 5.92. The van der Waals surface area contributed by atoms with Gasteiger partial charge in [-0.2, -0.15) is 0 Å². The van der Waals surface area contributed by atoms with Crippen LogP contribution in [-0.4, -0.2) is 6.54 Å². The van der Waals surface area contributed by atoms with Crippen LogP contribution >= 0.6 is 23.4 Å². The highest BCUT2D eigenvalue weighted by molar-refractivity contribution is 7.98. The van der Waals surface area contributed by atoms with Crippen LogP contribution in [0.25, 0.3) is 0 Å². The van der Waals surface area contributed by atoms with Crippen molar-refractivity contribution in [3.05, 3.63) is 64.4 Å². The van der Waals surface area contributed by atoms with E-state index in [2.05, 4.69) is 11.8 Å². The molecule has 0 aromatic heterocycles. The molecule has 0 aliphatic carbocycles. The summed E-state index contributed by atoms with van der Waals surface area (Å²) in [6.07, 6.45) is 0. The van der Waals surface area contributed by atoms with Gasteiger partial charge in [-0.1, -0.05) is 35.6 Å². The molecule has 0 spiro atoms. The van der Waals surface area contributed by atoms with Gasteiger partial charge < -0.3 is 5.73 Å². The molecule has 0 heterocycles. The maximum absolute atomic E-state index is 13.5. The third kappa shape index (κ3) is 4.28. The van der Waals surface area contributed by atoms with Gasteiger partial charge in [0.15, 0.2) is 0 Å². The summed E-state index contributed by atoms with van der Waals surface area (Å²) in [6.45, 7) is 0.264. The molecule has 0 atom stereocenters. The maximum atomic E-state index is 13.5. The lowest BCUT2D eigenvalue weighted by Gasteiger charge is -2.05. The first-order chi connectivity index (χ1) is 9.69. The monoisotopic (exact) mass is 305 g/mol. The summed E-state index contributed by atoms with van der Waals surface area (Å²) in [5, 5.41) is 0.706. The highest BCUT2D eigenvalue weighted by Gasteiger charge is 2.03. The average molecular weight is 306 g/mol. The zero-order valence-electron chi connectivity index (χ0n) is 10.7. The van der Waals surface area contributed by atoms with E-state index in [0.29, 0.717) is 16.3 Å². The first kappa shape index (κ1) is 14.9. The van der Waals surface area contributed by atoms with Gasteiger partial charge in [0.2, 0.25) is 0 Å². The summed E-state index contributed by atoms with van der Waals surface area (Å²) >= 11 is 7.66. The smallest absolute Gasteiger partial charge is 0.124 e. The third-order valence-electron chi connectivity index (χ3n) is 2.52. The molecule has 2 N–H and O–H groups in total. The molecule has 1 nitrogen and oxygen atoms in total. The van der Waals surface area contributed by atoms with Crippen molar-refractivity contribution in [3.8, 4) is 11.8 Å². The Morgan fingerprint density at radius 1 is 1.20 bits per heavy atom. The third-order valence-corrected chi connectivity index (χ3v) is 4.11. The van der Waals surface area contributed by atoms with Gasteiger partial charge >= 0.3 is 0 Å². The second-order valence-corrected chi connectivity index (χ2v) is 5.50. The fourth-order valence-corrected chi connectivity index (χ4v) is 2.85. The molecule has 0 unspecified atom stereocenters. The van der Waals surface area contributed by atoms with E-state index in [1.165, 1.54) is 12.1 Å². The molecule has 0 saturated carbocycles. The average Bonchev–Trinajstić information content (AvgIpc) is 2.44. The van der Waals surface area contributed by atoms with Gasteiger partial charge in [-0.25, -0.2) is 4.39 Å². The van der Waals surface area contributed by atoms with Gasteiger partial charge in [-0.15, -0.1) is 11.8 Å². The van der Waals surface area contributed by atoms with Crippen molar-refractivity contribution < 1.29 is 4.39 Å². The molecule has 0 aliphatic heterocycles. The number of hydrogen-bond acceptors (Lipinski definition) is 2. The van der Waals surface area contributed by atoms with E-state index in [1.54, 1.807) is 11.8 Å². The van der Waals surface area contributed by atoms with Crippen LogP contribution in [-0.2, 0) is 5.75 Å². The fourth-order valence-electron chi connectivity index (χ4n) is 1.68. The molecule has 0 aliphatic rings. The molecule has 0 radical (unpaired) electrons. The molecule has 2 aromatic carbocycles. The Hall–Kier alpha value is -1.47. The molecule has 4 heteroatoms. The number of nitrogens with two attached hydrogens (primary N) is 1. The molecule has 2 rings (SSSR count). The Morgan fingerprint density at radius 2 is 2.00 bits per heavy atom. The summed E-state index contributed by atoms with van der Waals surface area (Å²) in [5.41, 5.74) is 6.83. The minimum absolute atomic E-state index is 0.264. The predicted octanol–water partition coefficient (Wildman–Crippen LogP) is 4.08. The van der Waals surface area contributed by atoms with Gasteiger partial charge in [0.25, 0.3) is 0 Å². The van der Waals surface area contributed by atoms with Crippen molar-refractivity contribution >= 4 is 23.4 Å². The fraction of sp³-hybridized carbons (Fsp3) is 0.125. The van der Waals surface area contributed by atoms with Crippen LogP contribution in [0.3, 0.4) is 0 Å². The lowest BCUT2D eigenvalue weighted by molar-refractivity contribution is 0.626. The second kappa shape index (κ2) is 7.35. The molecule has 0 bridgehead atoms. The minimum Gasteiger partial charge on any atom is -0.320 e. The number of halogens is 2. The quantitative estimate of drug-likeness (QED) is 0.683. The zero-order valence-corrected chi connectivity index (χ0v) is 12.3. The van der Waals surface area contributed by atoms with Crippen molar-refractivity contribution in [2.75, 3.05) is 6.54 Å². The van der Waals surface area contributed by atoms with Gasteiger partial charge in [0, 0.05) is 16.2 Å². The van der Waals surface area contributed by atoms with Gasteiger partial charge in [-0.05, 0) is 35.9 Å². The van der Waals surface area contributed by atoms with Crippen molar-refractivity contribution in [3.63, 3.8) is 0 Å². The summed E-state index contributed by atoms with van der Waals surface area (Å²) in [7, 11) is 0. The van der Waals surface area contributed by atoms with E-state index in [9.17, 15) is 4.39 Å². The maximum Gasteiger partial charge on any atom is 0.124 e. The van der Waals surface area contributed by atoms with Crippen molar-refractivity contribution in [1.29, 1.82) is 0 Å². The Bertz CT molecular complexity index is 661. The largest absolute Gasteiger partial charge is 0.320 e. The Balaban J connectivity index is 2.13. The Morgan fingerprint density at radius 3 is 2.75 bits per heavy atom. The summed E-state index contributed by atoms with van der Waals surface area (Å²) in [4.78, 5) is 0.980. The van der Waals surface area contributed by atoms with Crippen LogP contribution in [0.15, 0.2) is 47.4 Å². The van der Waals surface area contributed by atoms with Crippen molar-refractivity contribution in [1.82, 2.24) is 0 Å². The highest BCUT2D eigenvalue weighted by Crippen LogP contribution is 2.29. The highest BCUT2D eigenvalue weighted by atomic mass is 35.5. The predicted molar refractivity (Wildman–Crippen MR) is 83.3 cm³/mol. The van der Waals surface area contributed by atoms with Crippen LogP contribution < -0.4 is 5.73 Å². The van der Waals surface area contributed by atoms with Crippen molar-refractivity contribution in [2.45, 2.75) is 10.6 Å². The van der Waals surface area contributed by atoms with Gasteiger partial charge in [-0.3, -0.25) is 0 Å². The van der Waals surface area contributed by atoms with Crippen LogP contribution in [0.5, 0.6) is 0 Å². The minimum atomic E-state index is -0.288. The number of benzene rings is 2. The van der Waals surface area contributed by atoms with Crippen LogP contribution in [0.4, 0.5) is 4.39 Å². The molecular formula is C16H13ClFNS. The lowest BCUT2D eigenvalue weighted by atomic mass is 10.1. The van der Waals surface area contributed by atoms with Crippen LogP contribution in [0.2, 0.25) is 5.02 Å². The first-order valence-electron chi connectivity index (χ1n) is 6.05. The van der Waals surface area contributed by atoms with Crippen LogP contribution in [0.1, 0.15) is 11.1 Å². The number of hydrogen-bond donors (Lipinski definition) is 1. The molecule has 0 saturated heterocycles. The zero-order chi connectivity index (χ0) is 14.4. The van der Waals surface area contributed by atoms with Crippen molar-refractivity contribution in [2.24, 2.45) is 5.73 Å². The van der Waals surface area contributed by atoms with E-state index in [1.807, 2.05) is 30.3 Å². The Kier molecular flexibility index (Phi) is 5.49. The van der Waals surface area contributed by atoms with E-state index in [0.717, 1.165) is 10.5 Å². The van der Waals surface area contributed by atoms with E-state index in [-0.39, 0.29) is 12.4 Å². The lowest BCUT2D eigenvalue weighted by Crippen LogP contribution is -1.93. The van der Waals surface area contributed by atoms with Gasteiger partial charge in [0.05, 0.1) is 11.6 Å². The standard InChI is InChI=1S/C16H13ClFNS/c17-15-5-1-2-6-16(15)20-11-13-8-12(4-3-7-19)9-14(18)10-13/h1-2,5-6,8-10H,7,11,19H2. The normalized spacial score (nSPS) is 9.95. The van der Waals surface area contributed by atoms with Gasteiger partial charge in [0.1, 0.15) is 5.82 Å². The molecule has 0 amide bonds. The number of thioether (sulfide) groups is 1. The summed E-state index contributed by atoms with van der Waals surface area (Å²) in [6, 6.07) is 12.4. The molecule has 102 valence electrons. The summed E-state index contributed by atoms with van der Waals surface area (Å²) < 4.78 is 13.5. The molecular weight excluding hydrogens is 293 g/mol. The first-order valence-corrected chi connectivity index (χ1v) is 7.41. The number of rotatable bonds is 3. The topological polar surface area (TPSA) is 26.0 Å². The molecule has 0 fully saturated rings. The van der Waals surface area contributed by atoms with E-state index < -0.39 is 0 Å². The second-order valence-electron chi connectivity index (χ2n) is 4.07. The van der Waals surface area contributed by atoms with Crippen LogP contribution in [0, 0.1) is 17.7 Å². The van der Waals surface area contributed by atoms with E-state index >= 15 is 0 Å². The van der Waals surface area contributed by atoms with E-state index in [4.69, 9.17) is 17.3 Å². The Labute approximate surface area is 127 Å². The SMILES string of the molecule is NCC#Cc1cc(F)cc(CSc2ccccc2Cl)c1.